The lowest BCUT2D eigenvalue weighted by Gasteiger charge is -2.29. The molecule has 1 aliphatic rings. The van der Waals surface area contributed by atoms with Crippen molar-refractivity contribution in [3.05, 3.63) is 133 Å². The summed E-state index contributed by atoms with van der Waals surface area (Å²) in [7, 11) is 0. The molecule has 6 aromatic rings. The van der Waals surface area contributed by atoms with Gasteiger partial charge in [0, 0.05) is 10.8 Å². The molecule has 1 aromatic heterocycles. The Morgan fingerprint density at radius 3 is 2.11 bits per heavy atom. The molecule has 3 heteroatoms. The second-order valence-corrected chi connectivity index (χ2v) is 8.93. The summed E-state index contributed by atoms with van der Waals surface area (Å²) in [6.45, 7) is 0. The summed E-state index contributed by atoms with van der Waals surface area (Å²) >= 11 is 0. The van der Waals surface area contributed by atoms with Crippen molar-refractivity contribution in [1.29, 1.82) is 0 Å². The third kappa shape index (κ3) is 3.24. The number of anilines is 1. The van der Waals surface area contributed by atoms with Crippen LogP contribution in [0.4, 0.5) is 11.4 Å². The Morgan fingerprint density at radius 1 is 0.571 bits per heavy atom. The van der Waals surface area contributed by atoms with Crippen molar-refractivity contribution in [3.8, 4) is 11.1 Å². The molecule has 7 rings (SSSR count). The summed E-state index contributed by atoms with van der Waals surface area (Å²) < 4.78 is 2.34. The molecule has 2 heterocycles. The van der Waals surface area contributed by atoms with Gasteiger partial charge in [-0.05, 0) is 41.0 Å². The third-order valence-electron chi connectivity index (χ3n) is 6.84. The molecule has 0 saturated carbocycles. The maximum Gasteiger partial charge on any atom is 0.141 e. The summed E-state index contributed by atoms with van der Waals surface area (Å²) in [6.07, 6.45) is 0. The molecular formula is C32H23N3. The van der Waals surface area contributed by atoms with Crippen molar-refractivity contribution in [3.63, 3.8) is 0 Å². The van der Waals surface area contributed by atoms with E-state index in [1.54, 1.807) is 0 Å². The van der Waals surface area contributed by atoms with E-state index in [1.165, 1.54) is 27.5 Å². The van der Waals surface area contributed by atoms with Crippen LogP contribution in [-0.2, 0) is 0 Å². The zero-order valence-electron chi connectivity index (χ0n) is 19.1. The van der Waals surface area contributed by atoms with Gasteiger partial charge >= 0.3 is 0 Å². The quantitative estimate of drug-likeness (QED) is 0.284. The number of nitrogens with zero attached hydrogens (tertiary/aromatic N) is 2. The number of nitrogens with one attached hydrogen (secondary N) is 1. The number of benzene rings is 5. The highest BCUT2D eigenvalue weighted by molar-refractivity contribution is 6.17. The Hall–Kier alpha value is -4.63. The molecule has 0 bridgehead atoms. The highest BCUT2D eigenvalue weighted by Crippen LogP contribution is 2.39. The number of para-hydroxylation sites is 3. The first kappa shape index (κ1) is 19.8. The molecule has 0 spiro atoms. The molecule has 0 radical (unpaired) electrons. The van der Waals surface area contributed by atoms with E-state index in [1.807, 2.05) is 6.07 Å². The molecular weight excluding hydrogens is 426 g/mol. The lowest BCUT2D eigenvalue weighted by molar-refractivity contribution is 0.962. The van der Waals surface area contributed by atoms with E-state index in [-0.39, 0.29) is 6.04 Å². The van der Waals surface area contributed by atoms with Gasteiger partial charge in [-0.15, -0.1) is 0 Å². The fourth-order valence-corrected chi connectivity index (χ4v) is 5.19. The number of fused-ring (bicyclic) bond motifs is 4. The van der Waals surface area contributed by atoms with Crippen LogP contribution in [0, 0.1) is 0 Å². The third-order valence-corrected chi connectivity index (χ3v) is 6.84. The first-order valence-corrected chi connectivity index (χ1v) is 11.9. The van der Waals surface area contributed by atoms with Gasteiger partial charge in [-0.1, -0.05) is 103 Å². The summed E-state index contributed by atoms with van der Waals surface area (Å²) in [5.74, 6) is 0.978. The van der Waals surface area contributed by atoms with Crippen molar-refractivity contribution < 1.29 is 0 Å². The Morgan fingerprint density at radius 2 is 1.26 bits per heavy atom. The van der Waals surface area contributed by atoms with Gasteiger partial charge in [0.15, 0.2) is 0 Å². The van der Waals surface area contributed by atoms with Crippen LogP contribution in [0.25, 0.3) is 32.9 Å². The highest BCUT2D eigenvalue weighted by atomic mass is 15.2. The van der Waals surface area contributed by atoms with E-state index in [2.05, 4.69) is 131 Å². The molecule has 0 amide bonds. The molecule has 35 heavy (non-hydrogen) atoms. The van der Waals surface area contributed by atoms with Gasteiger partial charge in [-0.25, -0.2) is 4.99 Å². The Kier molecular flexibility index (Phi) is 4.52. The number of hydrogen-bond donors (Lipinski definition) is 1. The highest BCUT2D eigenvalue weighted by Gasteiger charge is 2.28. The number of aliphatic imine (C=N–C) groups is 1. The zero-order valence-corrected chi connectivity index (χ0v) is 19.1. The standard InChI is InChI=1S/C32H23N3/c1-3-11-22(12-4-1)24-19-20-26-25-15-7-10-18-29(25)35(30(26)21-24)32-31(23-13-5-2-6-14-23)33-27-16-8-9-17-28(27)34-32/h1-21,31,33H. The van der Waals surface area contributed by atoms with Gasteiger partial charge in [0.2, 0.25) is 0 Å². The topological polar surface area (TPSA) is 29.3 Å². The molecule has 166 valence electrons. The molecule has 1 atom stereocenters. The molecule has 3 nitrogen and oxygen atoms in total. The molecule has 5 aromatic carbocycles. The van der Waals surface area contributed by atoms with Crippen LogP contribution in [-0.4, -0.2) is 10.4 Å². The molecule has 1 N–H and O–H groups in total. The molecule has 1 aliphatic heterocycles. The summed E-state index contributed by atoms with van der Waals surface area (Å²) in [5, 5.41) is 6.24. The van der Waals surface area contributed by atoms with Crippen LogP contribution in [0.3, 0.4) is 0 Å². The number of hydrogen-bond acceptors (Lipinski definition) is 2. The maximum atomic E-state index is 5.27. The lowest BCUT2D eigenvalue weighted by Crippen LogP contribution is -2.29. The van der Waals surface area contributed by atoms with Gasteiger partial charge in [-0.3, -0.25) is 4.57 Å². The van der Waals surface area contributed by atoms with Gasteiger partial charge < -0.3 is 5.32 Å². The summed E-state index contributed by atoms with van der Waals surface area (Å²) in [6, 6.07) is 44.8. The Balaban J connectivity index is 1.55. The van der Waals surface area contributed by atoms with E-state index in [0.29, 0.717) is 0 Å². The van der Waals surface area contributed by atoms with Crippen LogP contribution >= 0.6 is 0 Å². The minimum absolute atomic E-state index is 0.0783. The summed E-state index contributed by atoms with van der Waals surface area (Å²) in [4.78, 5) is 5.27. The van der Waals surface area contributed by atoms with E-state index in [9.17, 15) is 0 Å². The van der Waals surface area contributed by atoms with Gasteiger partial charge in [0.05, 0.1) is 22.4 Å². The van der Waals surface area contributed by atoms with Crippen molar-refractivity contribution in [2.24, 2.45) is 4.99 Å². The van der Waals surface area contributed by atoms with E-state index in [4.69, 9.17) is 4.99 Å². The van der Waals surface area contributed by atoms with Gasteiger partial charge in [0.25, 0.3) is 0 Å². The van der Waals surface area contributed by atoms with Crippen LogP contribution in [0.1, 0.15) is 11.6 Å². The van der Waals surface area contributed by atoms with Crippen molar-refractivity contribution in [1.82, 2.24) is 4.57 Å². The number of rotatable bonds is 2. The largest absolute Gasteiger partial charge is 0.370 e. The minimum atomic E-state index is -0.0783. The minimum Gasteiger partial charge on any atom is -0.370 e. The predicted molar refractivity (Wildman–Crippen MR) is 147 cm³/mol. The smallest absolute Gasteiger partial charge is 0.141 e. The molecule has 0 aliphatic carbocycles. The Bertz CT molecular complexity index is 1710. The second kappa shape index (κ2) is 8.00. The predicted octanol–water partition coefficient (Wildman–Crippen LogP) is 8.21. The fraction of sp³-hybridized carbons (Fsp3) is 0.0312. The average molecular weight is 450 g/mol. The van der Waals surface area contributed by atoms with Crippen LogP contribution in [0.5, 0.6) is 0 Å². The first-order chi connectivity index (χ1) is 17.4. The van der Waals surface area contributed by atoms with Crippen molar-refractivity contribution >= 4 is 39.0 Å². The maximum absolute atomic E-state index is 5.27. The summed E-state index contributed by atoms with van der Waals surface area (Å²) in [5.41, 5.74) is 7.92. The SMILES string of the molecule is c1ccc(-c2ccc3c4ccccc4n(C4=Nc5ccccc5NC4c4ccccc4)c3c2)cc1. The zero-order chi connectivity index (χ0) is 23.2. The lowest BCUT2D eigenvalue weighted by atomic mass is 10.0. The van der Waals surface area contributed by atoms with E-state index >= 15 is 0 Å². The second-order valence-electron chi connectivity index (χ2n) is 8.93. The van der Waals surface area contributed by atoms with Gasteiger partial charge in [-0.2, -0.15) is 0 Å². The number of aromatic nitrogens is 1. The van der Waals surface area contributed by atoms with Crippen molar-refractivity contribution in [2.75, 3.05) is 5.32 Å². The molecule has 0 saturated heterocycles. The van der Waals surface area contributed by atoms with Crippen LogP contribution in [0.2, 0.25) is 0 Å². The van der Waals surface area contributed by atoms with E-state index in [0.717, 1.165) is 28.2 Å². The van der Waals surface area contributed by atoms with E-state index < -0.39 is 0 Å². The average Bonchev–Trinajstić information content (AvgIpc) is 3.27. The first-order valence-electron chi connectivity index (χ1n) is 11.9. The Labute approximate surface area is 204 Å². The molecule has 0 fully saturated rings. The fourth-order valence-electron chi connectivity index (χ4n) is 5.19. The van der Waals surface area contributed by atoms with Crippen LogP contribution < -0.4 is 5.32 Å². The monoisotopic (exact) mass is 449 g/mol. The van der Waals surface area contributed by atoms with Crippen LogP contribution in [0.15, 0.2) is 132 Å². The van der Waals surface area contributed by atoms with Crippen molar-refractivity contribution in [2.45, 2.75) is 6.04 Å². The normalized spacial score (nSPS) is 15.0. The molecule has 1 unspecified atom stereocenters. The van der Waals surface area contributed by atoms with Gasteiger partial charge in [0.1, 0.15) is 11.9 Å².